The third-order valence-electron chi connectivity index (χ3n) is 4.39. The Morgan fingerprint density at radius 1 is 1.21 bits per heavy atom. The fraction of sp³-hybridized carbons (Fsp3) is 0.300. The van der Waals surface area contributed by atoms with Crippen molar-refractivity contribution in [2.75, 3.05) is 7.11 Å². The van der Waals surface area contributed by atoms with Crippen LogP contribution in [-0.2, 0) is 6.61 Å². The van der Waals surface area contributed by atoms with Gasteiger partial charge in [0.15, 0.2) is 0 Å². The molecule has 154 valence electrons. The van der Waals surface area contributed by atoms with Gasteiger partial charge in [-0.25, -0.2) is 0 Å². The van der Waals surface area contributed by atoms with Crippen LogP contribution in [0, 0.1) is 0 Å². The smallest absolute Gasteiger partial charge is 0.438 e. The second-order valence-electron chi connectivity index (χ2n) is 6.61. The van der Waals surface area contributed by atoms with E-state index in [1.54, 1.807) is 30.3 Å². The molecule has 29 heavy (non-hydrogen) atoms. The average Bonchev–Trinajstić information content (AvgIpc) is 3.01. The highest BCUT2D eigenvalue weighted by Gasteiger charge is 2.62. The van der Waals surface area contributed by atoms with E-state index >= 15 is 0 Å². The molecule has 0 bridgehead atoms. The second kappa shape index (κ2) is 7.75. The number of hydrazone groups is 1. The van der Waals surface area contributed by atoms with Crippen LogP contribution in [0.5, 0.6) is 11.5 Å². The fourth-order valence-corrected chi connectivity index (χ4v) is 2.93. The lowest BCUT2D eigenvalue weighted by atomic mass is 10.1. The summed E-state index contributed by atoms with van der Waals surface area (Å²) in [5.74, 6) is 0.0947. The number of halogens is 3. The van der Waals surface area contributed by atoms with Gasteiger partial charge in [0.1, 0.15) is 18.1 Å². The highest BCUT2D eigenvalue weighted by molar-refractivity contribution is 5.98. The fourth-order valence-electron chi connectivity index (χ4n) is 2.93. The molecule has 1 N–H and O–H groups in total. The topological polar surface area (TPSA) is 71.4 Å². The molecule has 0 aliphatic carbocycles. The normalized spacial score (nSPS) is 19.1. The van der Waals surface area contributed by atoms with E-state index in [0.717, 1.165) is 0 Å². The van der Waals surface area contributed by atoms with Gasteiger partial charge < -0.3 is 14.6 Å². The molecule has 1 heterocycles. The van der Waals surface area contributed by atoms with Crippen molar-refractivity contribution >= 4 is 11.6 Å². The van der Waals surface area contributed by atoms with Crippen molar-refractivity contribution in [2.24, 2.45) is 5.10 Å². The Balaban J connectivity index is 1.79. The summed E-state index contributed by atoms with van der Waals surface area (Å²) in [6.45, 7) is 1.41. The molecule has 1 atom stereocenters. The van der Waals surface area contributed by atoms with Gasteiger partial charge >= 0.3 is 6.18 Å². The summed E-state index contributed by atoms with van der Waals surface area (Å²) in [6, 6.07) is 12.9. The predicted octanol–water partition coefficient (Wildman–Crippen LogP) is 3.75. The third-order valence-corrected chi connectivity index (χ3v) is 4.39. The van der Waals surface area contributed by atoms with E-state index in [2.05, 4.69) is 5.10 Å². The van der Waals surface area contributed by atoms with E-state index in [4.69, 9.17) is 9.47 Å². The molecule has 1 unspecified atom stereocenters. The molecular weight excluding hydrogens is 389 g/mol. The Kier molecular flexibility index (Phi) is 5.52. The summed E-state index contributed by atoms with van der Waals surface area (Å²) in [4.78, 5) is 12.7. The van der Waals surface area contributed by atoms with Crippen LogP contribution in [-0.4, -0.2) is 40.7 Å². The molecule has 3 rings (SSSR count). The Morgan fingerprint density at radius 3 is 2.59 bits per heavy atom. The lowest BCUT2D eigenvalue weighted by Gasteiger charge is -2.32. The predicted molar refractivity (Wildman–Crippen MR) is 98.7 cm³/mol. The number of hydrogen-bond donors (Lipinski definition) is 1. The summed E-state index contributed by atoms with van der Waals surface area (Å²) in [5, 5.41) is 13.8. The van der Waals surface area contributed by atoms with Gasteiger partial charge in [0.05, 0.1) is 7.11 Å². The molecule has 0 saturated heterocycles. The first-order valence-electron chi connectivity index (χ1n) is 8.67. The first kappa shape index (κ1) is 20.7. The van der Waals surface area contributed by atoms with Gasteiger partial charge in [-0.2, -0.15) is 23.3 Å². The number of aliphatic hydroxyl groups is 1. The van der Waals surface area contributed by atoms with Crippen molar-refractivity contribution in [3.63, 3.8) is 0 Å². The molecule has 0 saturated carbocycles. The van der Waals surface area contributed by atoms with Crippen LogP contribution < -0.4 is 9.47 Å². The molecule has 1 amide bonds. The molecule has 2 aromatic carbocycles. The van der Waals surface area contributed by atoms with Gasteiger partial charge in [-0.15, -0.1) is 0 Å². The number of carbonyl (C=O) groups excluding carboxylic acids is 1. The number of alkyl halides is 3. The zero-order chi connectivity index (χ0) is 21.2. The zero-order valence-corrected chi connectivity index (χ0v) is 15.7. The number of carbonyl (C=O) groups is 1. The number of nitrogens with zero attached hydrogens (tertiary/aromatic N) is 2. The van der Waals surface area contributed by atoms with Crippen molar-refractivity contribution in [1.82, 2.24) is 5.01 Å². The first-order valence-corrected chi connectivity index (χ1v) is 8.67. The summed E-state index contributed by atoms with van der Waals surface area (Å²) < 4.78 is 50.8. The highest BCUT2D eigenvalue weighted by atomic mass is 19.4. The monoisotopic (exact) mass is 408 g/mol. The highest BCUT2D eigenvalue weighted by Crippen LogP contribution is 2.40. The summed E-state index contributed by atoms with van der Waals surface area (Å²) >= 11 is 0. The molecule has 1 aliphatic rings. The van der Waals surface area contributed by atoms with E-state index < -0.39 is 24.2 Å². The van der Waals surface area contributed by atoms with Crippen LogP contribution in [0.4, 0.5) is 13.2 Å². The van der Waals surface area contributed by atoms with Gasteiger partial charge in [-0.3, -0.25) is 4.79 Å². The summed E-state index contributed by atoms with van der Waals surface area (Å²) in [7, 11) is 1.53. The van der Waals surface area contributed by atoms with Crippen LogP contribution in [0.1, 0.15) is 29.3 Å². The Morgan fingerprint density at radius 2 is 1.90 bits per heavy atom. The Bertz CT molecular complexity index is 945. The van der Waals surface area contributed by atoms with Crippen LogP contribution in [0.25, 0.3) is 0 Å². The number of hydrogen-bond acceptors (Lipinski definition) is 5. The van der Waals surface area contributed by atoms with E-state index in [0.29, 0.717) is 17.1 Å². The number of amides is 1. The van der Waals surface area contributed by atoms with Crippen LogP contribution >= 0.6 is 0 Å². The van der Waals surface area contributed by atoms with Crippen molar-refractivity contribution in [2.45, 2.75) is 31.9 Å². The number of rotatable bonds is 5. The van der Waals surface area contributed by atoms with Crippen molar-refractivity contribution < 1.29 is 32.5 Å². The number of benzene rings is 2. The zero-order valence-electron chi connectivity index (χ0n) is 15.7. The van der Waals surface area contributed by atoms with Crippen LogP contribution in [0.15, 0.2) is 53.6 Å². The third kappa shape index (κ3) is 4.19. The van der Waals surface area contributed by atoms with Crippen molar-refractivity contribution in [1.29, 1.82) is 0 Å². The Hall–Kier alpha value is -3.07. The van der Waals surface area contributed by atoms with Gasteiger partial charge in [0.25, 0.3) is 11.6 Å². The lowest BCUT2D eigenvalue weighted by Crippen LogP contribution is -2.56. The van der Waals surface area contributed by atoms with Crippen molar-refractivity contribution in [3.8, 4) is 11.5 Å². The largest absolute Gasteiger partial charge is 0.497 e. The van der Waals surface area contributed by atoms with Gasteiger partial charge in [-0.1, -0.05) is 18.2 Å². The first-order chi connectivity index (χ1) is 13.6. The van der Waals surface area contributed by atoms with E-state index in [1.165, 1.54) is 32.2 Å². The lowest BCUT2D eigenvalue weighted by molar-refractivity contribution is -0.297. The molecule has 6 nitrogen and oxygen atoms in total. The molecule has 0 radical (unpaired) electrons. The molecule has 0 fully saturated rings. The van der Waals surface area contributed by atoms with Gasteiger partial charge in [-0.05, 0) is 36.8 Å². The minimum atomic E-state index is -5.04. The average molecular weight is 408 g/mol. The number of ether oxygens (including phenoxy) is 2. The van der Waals surface area contributed by atoms with Crippen molar-refractivity contribution in [3.05, 3.63) is 59.7 Å². The van der Waals surface area contributed by atoms with Gasteiger partial charge in [0, 0.05) is 23.8 Å². The molecule has 1 aliphatic heterocycles. The minimum Gasteiger partial charge on any atom is -0.497 e. The van der Waals surface area contributed by atoms with Crippen LogP contribution in [0.2, 0.25) is 0 Å². The Labute approximate surface area is 165 Å². The standard InChI is InChI=1S/C20H19F3N2O4/c1-13-11-19(27,20(21,22)23)25(24-13)18(26)15-6-3-5-14(9-15)12-29-17-8-4-7-16(10-17)28-2/h3-10,27H,11-12H2,1-2H3. The van der Waals surface area contributed by atoms with Crippen LogP contribution in [0.3, 0.4) is 0 Å². The quantitative estimate of drug-likeness (QED) is 0.818. The molecule has 9 heteroatoms. The SMILES string of the molecule is COc1cccc(OCc2cccc(C(=O)N3N=C(C)CC3(O)C(F)(F)F)c2)c1. The van der Waals surface area contributed by atoms with Gasteiger partial charge in [0.2, 0.25) is 0 Å². The van der Waals surface area contributed by atoms with E-state index in [1.807, 2.05) is 0 Å². The molecule has 0 aromatic heterocycles. The minimum absolute atomic E-state index is 0.00990. The maximum Gasteiger partial charge on any atom is 0.438 e. The molecule has 2 aromatic rings. The van der Waals surface area contributed by atoms with E-state index in [-0.39, 0.29) is 22.9 Å². The maximum atomic E-state index is 13.3. The summed E-state index contributed by atoms with van der Waals surface area (Å²) in [5.41, 5.74) is -2.83. The molecule has 0 spiro atoms. The van der Waals surface area contributed by atoms with E-state index in [9.17, 15) is 23.1 Å². The molecular formula is C20H19F3N2O4. The number of methoxy groups -OCH3 is 1. The summed E-state index contributed by atoms with van der Waals surface area (Å²) in [6.07, 6.45) is -5.84. The maximum absolute atomic E-state index is 13.3. The second-order valence-corrected chi connectivity index (χ2v) is 6.61.